The second kappa shape index (κ2) is 6.93. The first-order valence-corrected chi connectivity index (χ1v) is 13.4. The molecule has 1 spiro atoms. The number of aliphatic hydroxyl groups is 2. The minimum atomic E-state index is -0.407. The lowest BCUT2D eigenvalue weighted by molar-refractivity contribution is -0.274. The number of hydrogen-bond donors (Lipinski definition) is 2. The summed E-state index contributed by atoms with van der Waals surface area (Å²) in [5.41, 5.74) is 0.233. The Labute approximate surface area is 188 Å². The molecule has 2 heterocycles. The van der Waals surface area contributed by atoms with Gasteiger partial charge < -0.3 is 19.7 Å². The molecule has 31 heavy (non-hydrogen) atoms. The molecule has 0 aromatic heterocycles. The van der Waals surface area contributed by atoms with E-state index >= 15 is 0 Å². The van der Waals surface area contributed by atoms with Gasteiger partial charge in [0, 0.05) is 23.7 Å². The third-order valence-corrected chi connectivity index (χ3v) is 12.0. The summed E-state index contributed by atoms with van der Waals surface area (Å²) in [7, 11) is 0. The average molecular weight is 433 g/mol. The number of aliphatic hydroxyl groups excluding tert-OH is 2. The summed E-state index contributed by atoms with van der Waals surface area (Å²) in [6.45, 7) is 10.3. The molecule has 2 saturated heterocycles. The van der Waals surface area contributed by atoms with Gasteiger partial charge in [0.25, 0.3) is 0 Å². The van der Waals surface area contributed by atoms with Crippen molar-refractivity contribution >= 4 is 0 Å². The van der Waals surface area contributed by atoms with Crippen LogP contribution in [-0.4, -0.2) is 40.9 Å². The van der Waals surface area contributed by atoms with Crippen molar-refractivity contribution in [1.82, 2.24) is 0 Å². The lowest BCUT2D eigenvalue weighted by Gasteiger charge is -2.62. The molecule has 0 radical (unpaired) electrons. The molecule has 6 fully saturated rings. The molecule has 0 amide bonds. The zero-order valence-corrected chi connectivity index (χ0v) is 20.1. The van der Waals surface area contributed by atoms with Crippen molar-refractivity contribution in [3.8, 4) is 0 Å². The molecule has 176 valence electrons. The van der Waals surface area contributed by atoms with E-state index < -0.39 is 5.79 Å². The Kier molecular flexibility index (Phi) is 4.78. The molecule has 13 atom stereocenters. The standard InChI is InChI=1S/C27H44O4/c1-15-7-10-27(30-14-15)16(2)24-22(31-27)12-21-19-6-5-17-11-18(28)8-9-25(17,3)20(19)13-23(29)26(21,24)4/h15-24,28-29H,5-14H2,1-4H3/t15?,16?,17-,18-,19?,20?,21?,22-,23?,24?,25+,26+,27?/m0/s1. The molecule has 4 saturated carbocycles. The second-order valence-electron chi connectivity index (χ2n) is 13.2. The Morgan fingerprint density at radius 1 is 0.871 bits per heavy atom. The third-order valence-electron chi connectivity index (χ3n) is 12.0. The molecule has 8 unspecified atom stereocenters. The molecular weight excluding hydrogens is 388 g/mol. The minimum absolute atomic E-state index is 0.0570. The van der Waals surface area contributed by atoms with Crippen LogP contribution in [0.5, 0.6) is 0 Å². The van der Waals surface area contributed by atoms with Crippen molar-refractivity contribution in [2.24, 2.45) is 52.3 Å². The van der Waals surface area contributed by atoms with E-state index in [1.807, 2.05) is 0 Å². The first-order chi connectivity index (χ1) is 14.7. The van der Waals surface area contributed by atoms with E-state index in [1.165, 1.54) is 19.3 Å². The van der Waals surface area contributed by atoms with Gasteiger partial charge in [0.2, 0.25) is 0 Å². The smallest absolute Gasteiger partial charge is 0.171 e. The number of fused-ring (bicyclic) bond motifs is 7. The number of rotatable bonds is 0. The van der Waals surface area contributed by atoms with Crippen LogP contribution in [0.3, 0.4) is 0 Å². The van der Waals surface area contributed by atoms with E-state index in [4.69, 9.17) is 9.47 Å². The van der Waals surface area contributed by atoms with Crippen LogP contribution in [-0.2, 0) is 9.47 Å². The van der Waals surface area contributed by atoms with Gasteiger partial charge in [-0.2, -0.15) is 0 Å². The van der Waals surface area contributed by atoms with E-state index in [9.17, 15) is 10.2 Å². The molecule has 0 bridgehead atoms. The molecule has 4 heteroatoms. The fraction of sp³-hybridized carbons (Fsp3) is 1.00. The van der Waals surface area contributed by atoms with E-state index in [1.54, 1.807) is 0 Å². The molecular formula is C27H44O4. The van der Waals surface area contributed by atoms with Crippen LogP contribution in [0.4, 0.5) is 0 Å². The fourth-order valence-electron chi connectivity index (χ4n) is 10.2. The van der Waals surface area contributed by atoms with Gasteiger partial charge in [0.1, 0.15) is 0 Å². The minimum Gasteiger partial charge on any atom is -0.393 e. The lowest BCUT2D eigenvalue weighted by Crippen LogP contribution is -2.59. The maximum atomic E-state index is 11.8. The van der Waals surface area contributed by atoms with Crippen molar-refractivity contribution in [3.05, 3.63) is 0 Å². The van der Waals surface area contributed by atoms with Crippen molar-refractivity contribution < 1.29 is 19.7 Å². The van der Waals surface area contributed by atoms with Gasteiger partial charge in [-0.1, -0.05) is 27.7 Å². The van der Waals surface area contributed by atoms with Crippen LogP contribution in [0.1, 0.15) is 85.5 Å². The first kappa shape index (κ1) is 21.4. The normalized spacial score (nSPS) is 63.3. The van der Waals surface area contributed by atoms with Gasteiger partial charge in [-0.25, -0.2) is 0 Å². The van der Waals surface area contributed by atoms with Crippen LogP contribution < -0.4 is 0 Å². The highest BCUT2D eigenvalue weighted by molar-refractivity contribution is 5.17. The monoisotopic (exact) mass is 432 g/mol. The van der Waals surface area contributed by atoms with Crippen molar-refractivity contribution in [2.75, 3.05) is 6.61 Å². The topological polar surface area (TPSA) is 58.9 Å². The van der Waals surface area contributed by atoms with Gasteiger partial charge in [-0.15, -0.1) is 0 Å². The Morgan fingerprint density at radius 2 is 1.68 bits per heavy atom. The van der Waals surface area contributed by atoms with Gasteiger partial charge in [-0.05, 0) is 86.4 Å². The van der Waals surface area contributed by atoms with Crippen LogP contribution >= 0.6 is 0 Å². The molecule has 0 aromatic carbocycles. The Morgan fingerprint density at radius 3 is 2.42 bits per heavy atom. The highest BCUT2D eigenvalue weighted by Crippen LogP contribution is 2.71. The Balaban J connectivity index is 1.29. The van der Waals surface area contributed by atoms with E-state index in [2.05, 4.69) is 27.7 Å². The van der Waals surface area contributed by atoms with E-state index in [0.29, 0.717) is 46.8 Å². The molecule has 4 nitrogen and oxygen atoms in total. The summed E-state index contributed by atoms with van der Waals surface area (Å²) in [6.07, 6.45) is 9.70. The fourth-order valence-corrected chi connectivity index (χ4v) is 10.2. The van der Waals surface area contributed by atoms with Gasteiger partial charge in [-0.3, -0.25) is 0 Å². The summed E-state index contributed by atoms with van der Waals surface area (Å²) in [5, 5.41) is 22.1. The SMILES string of the molecule is CC1CCC2(OC1)O[C@H]1CC3C4CC[C@H]5C[C@@H](O)CC[C@@]5(C)C4CC(O)[C@]3(C)C1C2C. The summed E-state index contributed by atoms with van der Waals surface area (Å²) in [5.74, 6) is 3.46. The first-order valence-electron chi connectivity index (χ1n) is 13.4. The van der Waals surface area contributed by atoms with Crippen LogP contribution in [0.15, 0.2) is 0 Å². The van der Waals surface area contributed by atoms with Gasteiger partial charge in [0.15, 0.2) is 5.79 Å². The van der Waals surface area contributed by atoms with Crippen LogP contribution in [0, 0.1) is 52.3 Å². The largest absolute Gasteiger partial charge is 0.393 e. The quantitative estimate of drug-likeness (QED) is 0.579. The number of ether oxygens (including phenoxy) is 2. The van der Waals surface area contributed by atoms with Gasteiger partial charge >= 0.3 is 0 Å². The Bertz CT molecular complexity index is 716. The highest BCUT2D eigenvalue weighted by atomic mass is 16.7. The zero-order chi connectivity index (χ0) is 21.8. The maximum absolute atomic E-state index is 11.8. The molecule has 6 aliphatic rings. The Hall–Kier alpha value is -0.160. The van der Waals surface area contributed by atoms with Crippen LogP contribution in [0.2, 0.25) is 0 Å². The lowest BCUT2D eigenvalue weighted by atomic mass is 9.43. The predicted octanol–water partition coefficient (Wildman–Crippen LogP) is 4.76. The van der Waals surface area contributed by atoms with E-state index in [0.717, 1.165) is 45.1 Å². The summed E-state index contributed by atoms with van der Waals surface area (Å²) in [6, 6.07) is 0. The molecule has 0 aromatic rings. The van der Waals surface area contributed by atoms with Crippen molar-refractivity contribution in [3.63, 3.8) is 0 Å². The molecule has 2 N–H and O–H groups in total. The van der Waals surface area contributed by atoms with Crippen molar-refractivity contribution in [2.45, 2.75) is 110 Å². The van der Waals surface area contributed by atoms with Crippen LogP contribution in [0.25, 0.3) is 0 Å². The maximum Gasteiger partial charge on any atom is 0.171 e. The second-order valence-corrected chi connectivity index (χ2v) is 13.2. The van der Waals surface area contributed by atoms with E-state index in [-0.39, 0.29) is 23.7 Å². The number of hydrogen-bond acceptors (Lipinski definition) is 4. The summed E-state index contributed by atoms with van der Waals surface area (Å²) >= 11 is 0. The zero-order valence-electron chi connectivity index (χ0n) is 20.1. The summed E-state index contributed by atoms with van der Waals surface area (Å²) < 4.78 is 13.3. The average Bonchev–Trinajstić information content (AvgIpc) is 3.18. The van der Waals surface area contributed by atoms with Gasteiger partial charge in [0.05, 0.1) is 24.9 Å². The van der Waals surface area contributed by atoms with Crippen molar-refractivity contribution in [1.29, 1.82) is 0 Å². The molecule has 2 aliphatic heterocycles. The molecule has 4 aliphatic carbocycles. The predicted molar refractivity (Wildman–Crippen MR) is 119 cm³/mol. The summed E-state index contributed by atoms with van der Waals surface area (Å²) in [4.78, 5) is 0. The highest BCUT2D eigenvalue weighted by Gasteiger charge is 2.71. The molecule has 6 rings (SSSR count). The third kappa shape index (κ3) is 2.74.